The molecule has 0 saturated carbocycles. The molecule has 0 heterocycles. The van der Waals surface area contributed by atoms with Crippen LogP contribution in [0.15, 0.2) is 42.5 Å². The highest BCUT2D eigenvalue weighted by molar-refractivity contribution is 5.90. The zero-order chi connectivity index (χ0) is 16.7. The molecule has 0 spiro atoms. The molecule has 122 valence electrons. The number of hydrogen-bond acceptors (Lipinski definition) is 3. The normalized spacial score (nSPS) is 10.0. The van der Waals surface area contributed by atoms with Gasteiger partial charge in [0.1, 0.15) is 11.5 Å². The lowest BCUT2D eigenvalue weighted by molar-refractivity contribution is 0.251. The van der Waals surface area contributed by atoms with Gasteiger partial charge in [-0.05, 0) is 43.7 Å². The molecule has 2 rings (SSSR count). The second kappa shape index (κ2) is 8.08. The summed E-state index contributed by atoms with van der Waals surface area (Å²) in [5, 5.41) is 5.67. The van der Waals surface area contributed by atoms with Crippen LogP contribution in [0.25, 0.3) is 0 Å². The van der Waals surface area contributed by atoms with Gasteiger partial charge >= 0.3 is 6.03 Å². The third-order valence-corrected chi connectivity index (χ3v) is 3.39. The molecular weight excluding hydrogens is 292 g/mol. The number of urea groups is 1. The number of benzene rings is 2. The van der Waals surface area contributed by atoms with Crippen molar-refractivity contribution < 1.29 is 14.3 Å². The maximum Gasteiger partial charge on any atom is 0.319 e. The lowest BCUT2D eigenvalue weighted by Crippen LogP contribution is -2.28. The van der Waals surface area contributed by atoms with Gasteiger partial charge in [-0.2, -0.15) is 0 Å². The van der Waals surface area contributed by atoms with Gasteiger partial charge in [0, 0.05) is 17.8 Å². The van der Waals surface area contributed by atoms with Crippen molar-refractivity contribution in [2.24, 2.45) is 0 Å². The Morgan fingerprint density at radius 1 is 1.17 bits per heavy atom. The van der Waals surface area contributed by atoms with Crippen LogP contribution in [0, 0.1) is 6.92 Å². The molecule has 5 heteroatoms. The van der Waals surface area contributed by atoms with Crippen LogP contribution in [0.3, 0.4) is 0 Å². The summed E-state index contributed by atoms with van der Waals surface area (Å²) >= 11 is 0. The number of rotatable bonds is 6. The van der Waals surface area contributed by atoms with Gasteiger partial charge in [0.2, 0.25) is 0 Å². The van der Waals surface area contributed by atoms with E-state index in [-0.39, 0.29) is 6.03 Å². The van der Waals surface area contributed by atoms with E-state index in [9.17, 15) is 4.79 Å². The first-order valence-corrected chi connectivity index (χ1v) is 7.54. The van der Waals surface area contributed by atoms with Crippen molar-refractivity contribution in [2.75, 3.05) is 19.0 Å². The third kappa shape index (κ3) is 4.64. The first kappa shape index (κ1) is 16.7. The Morgan fingerprint density at radius 3 is 2.65 bits per heavy atom. The summed E-state index contributed by atoms with van der Waals surface area (Å²) in [6.07, 6.45) is 0. The van der Waals surface area contributed by atoms with Crippen molar-refractivity contribution in [1.29, 1.82) is 0 Å². The monoisotopic (exact) mass is 314 g/mol. The van der Waals surface area contributed by atoms with Crippen LogP contribution in [-0.4, -0.2) is 19.7 Å². The van der Waals surface area contributed by atoms with Crippen LogP contribution in [0.5, 0.6) is 11.5 Å². The number of ether oxygens (including phenoxy) is 2. The first-order valence-electron chi connectivity index (χ1n) is 7.54. The number of carbonyl (C=O) groups is 1. The number of hydrogen-bond donors (Lipinski definition) is 2. The Kier molecular flexibility index (Phi) is 5.86. The molecule has 2 aromatic carbocycles. The Bertz CT molecular complexity index is 671. The van der Waals surface area contributed by atoms with E-state index in [4.69, 9.17) is 9.47 Å². The number of anilines is 1. The number of para-hydroxylation sites is 1. The zero-order valence-corrected chi connectivity index (χ0v) is 13.7. The largest absolute Gasteiger partial charge is 0.496 e. The zero-order valence-electron chi connectivity index (χ0n) is 13.7. The molecule has 0 aliphatic rings. The molecule has 0 unspecified atom stereocenters. The number of nitrogens with one attached hydrogen (secondary N) is 2. The quantitative estimate of drug-likeness (QED) is 0.854. The second-order valence-electron chi connectivity index (χ2n) is 5.03. The van der Waals surface area contributed by atoms with E-state index in [0.29, 0.717) is 13.2 Å². The number of methoxy groups -OCH3 is 1. The third-order valence-electron chi connectivity index (χ3n) is 3.39. The highest BCUT2D eigenvalue weighted by Crippen LogP contribution is 2.21. The molecule has 2 N–H and O–H groups in total. The highest BCUT2D eigenvalue weighted by atomic mass is 16.5. The van der Waals surface area contributed by atoms with Gasteiger partial charge in [-0.3, -0.25) is 0 Å². The molecule has 2 aromatic rings. The van der Waals surface area contributed by atoms with Crippen LogP contribution in [0.4, 0.5) is 10.5 Å². The lowest BCUT2D eigenvalue weighted by Gasteiger charge is -2.12. The van der Waals surface area contributed by atoms with E-state index < -0.39 is 0 Å². The van der Waals surface area contributed by atoms with Gasteiger partial charge in [-0.15, -0.1) is 0 Å². The number of amides is 2. The fourth-order valence-corrected chi connectivity index (χ4v) is 2.22. The van der Waals surface area contributed by atoms with Crippen LogP contribution in [0.2, 0.25) is 0 Å². The summed E-state index contributed by atoms with van der Waals surface area (Å²) < 4.78 is 10.7. The van der Waals surface area contributed by atoms with Gasteiger partial charge < -0.3 is 20.1 Å². The minimum absolute atomic E-state index is 0.261. The Labute approximate surface area is 136 Å². The predicted molar refractivity (Wildman–Crippen MR) is 91.2 cm³/mol. The van der Waals surface area contributed by atoms with Crippen molar-refractivity contribution in [3.05, 3.63) is 53.6 Å². The fraction of sp³-hybridized carbons (Fsp3) is 0.278. The van der Waals surface area contributed by atoms with Gasteiger partial charge in [-0.25, -0.2) is 4.79 Å². The van der Waals surface area contributed by atoms with Crippen molar-refractivity contribution in [3.8, 4) is 11.5 Å². The maximum absolute atomic E-state index is 12.1. The van der Waals surface area contributed by atoms with Crippen molar-refractivity contribution >= 4 is 11.7 Å². The van der Waals surface area contributed by atoms with E-state index in [0.717, 1.165) is 28.3 Å². The summed E-state index contributed by atoms with van der Waals surface area (Å²) in [5.74, 6) is 1.55. The summed E-state index contributed by atoms with van der Waals surface area (Å²) in [6, 6.07) is 12.9. The van der Waals surface area contributed by atoms with Gasteiger partial charge in [-0.1, -0.05) is 18.2 Å². The molecule has 0 aromatic heterocycles. The Balaban J connectivity index is 1.94. The van der Waals surface area contributed by atoms with Crippen LogP contribution >= 0.6 is 0 Å². The van der Waals surface area contributed by atoms with E-state index in [2.05, 4.69) is 10.6 Å². The molecule has 0 aliphatic carbocycles. The molecule has 0 saturated heterocycles. The Hall–Kier alpha value is -2.69. The van der Waals surface area contributed by atoms with E-state index in [1.807, 2.05) is 56.3 Å². The highest BCUT2D eigenvalue weighted by Gasteiger charge is 2.07. The summed E-state index contributed by atoms with van der Waals surface area (Å²) in [7, 11) is 1.61. The average Bonchev–Trinajstić information content (AvgIpc) is 2.56. The molecule has 0 radical (unpaired) electrons. The fourth-order valence-electron chi connectivity index (χ4n) is 2.22. The summed E-state index contributed by atoms with van der Waals surface area (Å²) in [5.41, 5.74) is 2.63. The maximum atomic E-state index is 12.1. The van der Waals surface area contributed by atoms with Crippen molar-refractivity contribution in [2.45, 2.75) is 20.4 Å². The molecule has 5 nitrogen and oxygen atoms in total. The van der Waals surface area contributed by atoms with Gasteiger partial charge in [0.15, 0.2) is 0 Å². The first-order chi connectivity index (χ1) is 11.1. The molecule has 23 heavy (non-hydrogen) atoms. The van der Waals surface area contributed by atoms with Crippen LogP contribution in [-0.2, 0) is 6.54 Å². The van der Waals surface area contributed by atoms with E-state index >= 15 is 0 Å². The minimum atomic E-state index is -0.261. The standard InChI is InChI=1S/C18H22N2O3/c1-4-23-15-9-10-16(13(2)11-15)20-18(21)19-12-14-7-5-6-8-17(14)22-3/h5-11H,4,12H2,1-3H3,(H2,19,20,21). The predicted octanol–water partition coefficient (Wildman–Crippen LogP) is 3.72. The van der Waals surface area contributed by atoms with Gasteiger partial charge in [0.05, 0.1) is 13.7 Å². The van der Waals surface area contributed by atoms with Crippen LogP contribution < -0.4 is 20.1 Å². The molecule has 0 bridgehead atoms. The topological polar surface area (TPSA) is 59.6 Å². The molecule has 2 amide bonds. The van der Waals surface area contributed by atoms with E-state index in [1.165, 1.54) is 0 Å². The minimum Gasteiger partial charge on any atom is -0.496 e. The SMILES string of the molecule is CCOc1ccc(NC(=O)NCc2ccccc2OC)c(C)c1. The van der Waals surface area contributed by atoms with Gasteiger partial charge in [0.25, 0.3) is 0 Å². The molecule has 0 aliphatic heterocycles. The average molecular weight is 314 g/mol. The smallest absolute Gasteiger partial charge is 0.319 e. The lowest BCUT2D eigenvalue weighted by atomic mass is 10.2. The second-order valence-corrected chi connectivity index (χ2v) is 5.03. The summed E-state index contributed by atoms with van der Waals surface area (Å²) in [6.45, 7) is 4.88. The summed E-state index contributed by atoms with van der Waals surface area (Å²) in [4.78, 5) is 12.1. The Morgan fingerprint density at radius 2 is 1.96 bits per heavy atom. The molecule has 0 fully saturated rings. The van der Waals surface area contributed by atoms with E-state index in [1.54, 1.807) is 7.11 Å². The van der Waals surface area contributed by atoms with Crippen LogP contribution in [0.1, 0.15) is 18.1 Å². The molecular formula is C18H22N2O3. The number of aryl methyl sites for hydroxylation is 1. The van der Waals surface area contributed by atoms with Crippen molar-refractivity contribution in [1.82, 2.24) is 5.32 Å². The van der Waals surface area contributed by atoms with Crippen molar-refractivity contribution in [3.63, 3.8) is 0 Å². The molecule has 0 atom stereocenters. The number of carbonyl (C=O) groups excluding carboxylic acids is 1.